The number of rotatable bonds is 6. The molecule has 1 aliphatic heterocycles. The quantitative estimate of drug-likeness (QED) is 0.790. The van der Waals surface area contributed by atoms with E-state index < -0.39 is 20.5 Å². The van der Waals surface area contributed by atoms with E-state index in [9.17, 15) is 13.2 Å². The van der Waals surface area contributed by atoms with Gasteiger partial charge in [0.05, 0.1) is 11.3 Å². The molecule has 1 aliphatic rings. The van der Waals surface area contributed by atoms with Gasteiger partial charge in [-0.25, -0.2) is 8.42 Å². The van der Waals surface area contributed by atoms with E-state index in [-0.39, 0.29) is 23.2 Å². The van der Waals surface area contributed by atoms with Gasteiger partial charge in [0, 0.05) is 13.2 Å². The summed E-state index contributed by atoms with van der Waals surface area (Å²) in [7, 11) is -3.64. The Labute approximate surface area is 148 Å². The van der Waals surface area contributed by atoms with Gasteiger partial charge in [-0.3, -0.25) is 10.1 Å². The summed E-state index contributed by atoms with van der Waals surface area (Å²) >= 11 is 0. The van der Waals surface area contributed by atoms with E-state index in [2.05, 4.69) is 20.7 Å². The largest absolute Gasteiger partial charge is 0.381 e. The van der Waals surface area contributed by atoms with E-state index in [0.29, 0.717) is 19.6 Å². The van der Waals surface area contributed by atoms with Crippen molar-refractivity contribution in [2.75, 3.05) is 24.3 Å². The number of carbonyl (C=O) groups is 1. The topological polar surface area (TPSA) is 116 Å². The minimum Gasteiger partial charge on any atom is -0.381 e. The van der Waals surface area contributed by atoms with Crippen molar-refractivity contribution in [3.8, 4) is 0 Å². The zero-order valence-electron chi connectivity index (χ0n) is 15.4. The number of sulfone groups is 1. The predicted molar refractivity (Wildman–Crippen MR) is 92.9 cm³/mol. The molecule has 1 saturated heterocycles. The number of carbonyl (C=O) groups excluding carboxylic acids is 1. The molecule has 0 bridgehead atoms. The lowest BCUT2D eigenvalue weighted by Crippen LogP contribution is -2.46. The molecule has 9 nitrogen and oxygen atoms in total. The maximum absolute atomic E-state index is 12.6. The second-order valence-electron chi connectivity index (χ2n) is 7.87. The molecule has 1 amide bonds. The molecule has 1 N–H and O–H groups in total. The van der Waals surface area contributed by atoms with E-state index >= 15 is 0 Å². The predicted octanol–water partition coefficient (Wildman–Crippen LogP) is 0.987. The fourth-order valence-electron chi connectivity index (χ4n) is 2.33. The number of ether oxygens (including phenoxy) is 1. The first-order valence-electron chi connectivity index (χ1n) is 8.35. The van der Waals surface area contributed by atoms with E-state index in [1.54, 1.807) is 0 Å². The van der Waals surface area contributed by atoms with Crippen molar-refractivity contribution in [3.05, 3.63) is 0 Å². The molecular weight excluding hydrogens is 346 g/mol. The Morgan fingerprint density at radius 2 is 2.00 bits per heavy atom. The number of tetrazole rings is 1. The van der Waals surface area contributed by atoms with Crippen molar-refractivity contribution in [3.63, 3.8) is 0 Å². The SMILES string of the molecule is CC(C)(C)n1nnc(NC(=O)C(C)(C)S(=O)(=O)CC[C@@H]2CCOC2)n1. The molecule has 10 heteroatoms. The molecule has 0 aromatic carbocycles. The lowest BCUT2D eigenvalue weighted by molar-refractivity contribution is -0.117. The Morgan fingerprint density at radius 1 is 1.32 bits per heavy atom. The number of nitrogens with zero attached hydrogens (tertiary/aromatic N) is 4. The fourth-order valence-corrected chi connectivity index (χ4v) is 3.82. The van der Waals surface area contributed by atoms with Gasteiger partial charge in [-0.15, -0.1) is 5.10 Å². The number of hydrogen-bond donors (Lipinski definition) is 1. The third kappa shape index (κ3) is 4.55. The van der Waals surface area contributed by atoms with Gasteiger partial charge in [0.15, 0.2) is 9.84 Å². The lowest BCUT2D eigenvalue weighted by Gasteiger charge is -2.23. The van der Waals surface area contributed by atoms with Crippen molar-refractivity contribution < 1.29 is 17.9 Å². The molecule has 1 atom stereocenters. The average Bonchev–Trinajstić information content (AvgIpc) is 3.15. The number of hydrogen-bond acceptors (Lipinski definition) is 7. The normalized spacial score (nSPS) is 19.2. The standard InChI is InChI=1S/C15H27N5O4S/c1-14(2,3)20-18-13(17-19-20)16-12(21)15(4,5)25(22,23)9-7-11-6-8-24-10-11/h11H,6-10H2,1-5H3,(H,16,18,21)/t11-/m0/s1. The van der Waals surface area contributed by atoms with Gasteiger partial charge in [-0.2, -0.15) is 4.80 Å². The van der Waals surface area contributed by atoms with Gasteiger partial charge in [0.25, 0.3) is 5.95 Å². The van der Waals surface area contributed by atoms with Crippen LogP contribution in [-0.4, -0.2) is 58.2 Å². The molecule has 0 radical (unpaired) electrons. The molecule has 2 heterocycles. The third-order valence-electron chi connectivity index (χ3n) is 4.38. The zero-order valence-corrected chi connectivity index (χ0v) is 16.3. The maximum Gasteiger partial charge on any atom is 0.270 e. The molecule has 1 fully saturated rings. The molecule has 2 rings (SSSR count). The van der Waals surface area contributed by atoms with Crippen LogP contribution in [0.25, 0.3) is 0 Å². The van der Waals surface area contributed by atoms with Crippen molar-refractivity contribution in [2.45, 2.75) is 57.7 Å². The summed E-state index contributed by atoms with van der Waals surface area (Å²) in [5.74, 6) is -0.484. The van der Waals surface area contributed by atoms with Gasteiger partial charge in [0.2, 0.25) is 5.91 Å². The Bertz CT molecular complexity index is 715. The average molecular weight is 373 g/mol. The van der Waals surface area contributed by atoms with E-state index in [1.165, 1.54) is 18.6 Å². The number of aromatic nitrogens is 4. The summed E-state index contributed by atoms with van der Waals surface area (Å²) in [5.41, 5.74) is -0.388. The highest BCUT2D eigenvalue weighted by atomic mass is 32.2. The van der Waals surface area contributed by atoms with Crippen molar-refractivity contribution >= 4 is 21.7 Å². The lowest BCUT2D eigenvalue weighted by atomic mass is 10.1. The van der Waals surface area contributed by atoms with Crippen LogP contribution < -0.4 is 5.32 Å². The summed E-state index contributed by atoms with van der Waals surface area (Å²) in [5, 5.41) is 14.2. The molecule has 0 spiro atoms. The molecule has 0 aliphatic carbocycles. The van der Waals surface area contributed by atoms with Gasteiger partial charge in [0.1, 0.15) is 4.75 Å². The molecule has 0 saturated carbocycles. The maximum atomic E-state index is 12.6. The first kappa shape index (κ1) is 19.8. The van der Waals surface area contributed by atoms with Crippen LogP contribution in [0.2, 0.25) is 0 Å². The van der Waals surface area contributed by atoms with E-state index in [4.69, 9.17) is 4.74 Å². The van der Waals surface area contributed by atoms with E-state index in [1.807, 2.05) is 20.8 Å². The zero-order chi connectivity index (χ0) is 18.9. The molecule has 1 aromatic heterocycles. The molecule has 25 heavy (non-hydrogen) atoms. The molecular formula is C15H27N5O4S. The summed E-state index contributed by atoms with van der Waals surface area (Å²) < 4.78 is 29.0. The summed E-state index contributed by atoms with van der Waals surface area (Å²) in [6.07, 6.45) is 1.36. The van der Waals surface area contributed by atoms with Crippen LogP contribution in [0.3, 0.4) is 0 Å². The van der Waals surface area contributed by atoms with Crippen molar-refractivity contribution in [1.29, 1.82) is 0 Å². The smallest absolute Gasteiger partial charge is 0.270 e. The van der Waals surface area contributed by atoms with Crippen LogP contribution in [0.5, 0.6) is 0 Å². The second-order valence-corrected chi connectivity index (χ2v) is 10.5. The molecule has 142 valence electrons. The van der Waals surface area contributed by atoms with Crippen LogP contribution in [0, 0.1) is 5.92 Å². The van der Waals surface area contributed by atoms with Crippen molar-refractivity contribution in [2.24, 2.45) is 5.92 Å². The third-order valence-corrected chi connectivity index (χ3v) is 6.90. The Kier molecular flexibility index (Phi) is 5.53. The minimum absolute atomic E-state index is 0.00704. The highest BCUT2D eigenvalue weighted by Gasteiger charge is 2.42. The van der Waals surface area contributed by atoms with Crippen LogP contribution in [0.1, 0.15) is 47.5 Å². The number of nitrogens with one attached hydrogen (secondary N) is 1. The Hall–Kier alpha value is -1.55. The van der Waals surface area contributed by atoms with Gasteiger partial charge >= 0.3 is 0 Å². The van der Waals surface area contributed by atoms with Gasteiger partial charge in [-0.1, -0.05) is 5.10 Å². The Balaban J connectivity index is 2.03. The van der Waals surface area contributed by atoms with Crippen LogP contribution in [-0.2, 0) is 24.9 Å². The van der Waals surface area contributed by atoms with Crippen LogP contribution in [0.4, 0.5) is 5.95 Å². The monoisotopic (exact) mass is 373 g/mol. The second kappa shape index (κ2) is 6.99. The minimum atomic E-state index is -3.64. The van der Waals surface area contributed by atoms with E-state index in [0.717, 1.165) is 6.42 Å². The van der Waals surface area contributed by atoms with Gasteiger partial charge < -0.3 is 4.74 Å². The highest BCUT2D eigenvalue weighted by Crippen LogP contribution is 2.24. The number of amides is 1. The highest BCUT2D eigenvalue weighted by molar-refractivity contribution is 7.93. The summed E-state index contributed by atoms with van der Waals surface area (Å²) in [6.45, 7) is 9.73. The van der Waals surface area contributed by atoms with Crippen LogP contribution in [0.15, 0.2) is 0 Å². The Morgan fingerprint density at radius 3 is 2.52 bits per heavy atom. The molecule has 0 unspecified atom stereocenters. The number of anilines is 1. The first-order chi connectivity index (χ1) is 11.4. The first-order valence-corrected chi connectivity index (χ1v) is 10.0. The summed E-state index contributed by atoms with van der Waals surface area (Å²) in [6, 6.07) is 0. The van der Waals surface area contributed by atoms with Gasteiger partial charge in [-0.05, 0) is 58.6 Å². The van der Waals surface area contributed by atoms with Crippen molar-refractivity contribution in [1.82, 2.24) is 20.2 Å². The fraction of sp³-hybridized carbons (Fsp3) is 0.867. The van der Waals surface area contributed by atoms with Crippen LogP contribution >= 0.6 is 0 Å². The summed E-state index contributed by atoms with van der Waals surface area (Å²) in [4.78, 5) is 13.9. The molecule has 1 aromatic rings.